The van der Waals surface area contributed by atoms with Crippen LogP contribution in [0.5, 0.6) is 0 Å². The molecule has 0 radical (unpaired) electrons. The van der Waals surface area contributed by atoms with Gasteiger partial charge >= 0.3 is 0 Å². The van der Waals surface area contributed by atoms with Gasteiger partial charge in [-0.3, -0.25) is 9.98 Å². The molecule has 4 unspecified atom stereocenters. The lowest BCUT2D eigenvalue weighted by Crippen LogP contribution is -2.42. The van der Waals surface area contributed by atoms with Crippen LogP contribution in [-0.4, -0.2) is 29.3 Å². The Kier molecular flexibility index (Phi) is 5.37. The van der Waals surface area contributed by atoms with Crippen LogP contribution in [0.2, 0.25) is 0 Å². The molecule has 22 heavy (non-hydrogen) atoms. The van der Waals surface area contributed by atoms with Crippen molar-refractivity contribution in [2.45, 2.75) is 66.0 Å². The summed E-state index contributed by atoms with van der Waals surface area (Å²) in [5.41, 5.74) is 3.76. The Morgan fingerprint density at radius 1 is 1.32 bits per heavy atom. The van der Waals surface area contributed by atoms with Crippen molar-refractivity contribution in [2.24, 2.45) is 21.8 Å². The highest BCUT2D eigenvalue weighted by atomic mass is 32.2. The monoisotopic (exact) mass is 318 g/mol. The summed E-state index contributed by atoms with van der Waals surface area (Å²) in [6.07, 6.45) is 8.81. The first-order valence-electron chi connectivity index (χ1n) is 8.51. The minimum Gasteiger partial charge on any atom is -0.282 e. The van der Waals surface area contributed by atoms with Crippen LogP contribution in [0.3, 0.4) is 0 Å². The summed E-state index contributed by atoms with van der Waals surface area (Å²) in [6.45, 7) is 13.6. The molecule has 0 aromatic heterocycles. The van der Waals surface area contributed by atoms with Crippen molar-refractivity contribution in [2.75, 3.05) is 6.26 Å². The molecule has 1 aliphatic carbocycles. The predicted molar refractivity (Wildman–Crippen MR) is 101 cm³/mol. The number of hydrogen-bond acceptors (Lipinski definition) is 3. The third-order valence-corrected chi connectivity index (χ3v) is 6.32. The Morgan fingerprint density at radius 2 is 2.00 bits per heavy atom. The van der Waals surface area contributed by atoms with Crippen molar-refractivity contribution < 1.29 is 0 Å². The molecule has 0 aromatic carbocycles. The van der Waals surface area contributed by atoms with Crippen LogP contribution in [0.1, 0.15) is 54.4 Å². The molecule has 1 heterocycles. The quantitative estimate of drug-likeness (QED) is 0.645. The molecule has 0 spiro atoms. The molecule has 0 amide bonds. The van der Waals surface area contributed by atoms with Crippen molar-refractivity contribution in [1.82, 2.24) is 0 Å². The van der Waals surface area contributed by atoms with Gasteiger partial charge in [0.2, 0.25) is 0 Å². The van der Waals surface area contributed by atoms with Crippen molar-refractivity contribution in [3.8, 4) is 0 Å². The molecule has 3 heteroatoms. The van der Waals surface area contributed by atoms with Crippen LogP contribution in [0, 0.1) is 11.8 Å². The Morgan fingerprint density at radius 3 is 2.55 bits per heavy atom. The first kappa shape index (κ1) is 17.5. The van der Waals surface area contributed by atoms with E-state index < -0.39 is 0 Å². The van der Waals surface area contributed by atoms with E-state index in [-0.39, 0.29) is 5.54 Å². The second kappa shape index (κ2) is 6.74. The summed E-state index contributed by atoms with van der Waals surface area (Å²) in [7, 11) is 0. The van der Waals surface area contributed by atoms with Gasteiger partial charge in [0.1, 0.15) is 0 Å². The number of thioether (sulfide) groups is 1. The highest BCUT2D eigenvalue weighted by molar-refractivity contribution is 8.03. The highest BCUT2D eigenvalue weighted by Crippen LogP contribution is 2.43. The molecule has 0 fully saturated rings. The minimum atomic E-state index is 0.0479. The van der Waals surface area contributed by atoms with Gasteiger partial charge in [0.15, 0.2) is 0 Å². The van der Waals surface area contributed by atoms with E-state index in [1.807, 2.05) is 0 Å². The topological polar surface area (TPSA) is 24.7 Å². The van der Waals surface area contributed by atoms with Gasteiger partial charge in [0.05, 0.1) is 17.0 Å². The Balaban J connectivity index is 2.53. The fraction of sp³-hybridized carbons (Fsp3) is 0.684. The Hall–Kier alpha value is -0.830. The van der Waals surface area contributed by atoms with E-state index in [4.69, 9.17) is 9.98 Å². The highest BCUT2D eigenvalue weighted by Gasteiger charge is 2.41. The van der Waals surface area contributed by atoms with Crippen LogP contribution < -0.4 is 0 Å². The second-order valence-electron chi connectivity index (χ2n) is 6.87. The van der Waals surface area contributed by atoms with Crippen molar-refractivity contribution >= 4 is 23.2 Å². The second-order valence-corrected chi connectivity index (χ2v) is 7.72. The van der Waals surface area contributed by atoms with E-state index in [9.17, 15) is 0 Å². The van der Waals surface area contributed by atoms with Crippen LogP contribution in [-0.2, 0) is 0 Å². The molecular formula is C19H30N2S. The largest absolute Gasteiger partial charge is 0.282 e. The molecule has 122 valence electrons. The van der Waals surface area contributed by atoms with Crippen molar-refractivity contribution in [3.05, 3.63) is 22.6 Å². The lowest BCUT2D eigenvalue weighted by molar-refractivity contribution is 0.245. The smallest absolute Gasteiger partial charge is 0.0753 e. The number of aliphatic imine (C=N–C) groups is 2. The molecule has 0 saturated carbocycles. The first-order chi connectivity index (χ1) is 10.4. The molecule has 1 aliphatic heterocycles. The van der Waals surface area contributed by atoms with E-state index in [1.165, 1.54) is 16.2 Å². The Labute approximate surface area is 140 Å². The first-order valence-corrected chi connectivity index (χ1v) is 9.74. The number of nitrogens with zero attached hydrogens (tertiary/aromatic N) is 2. The molecule has 0 bridgehead atoms. The van der Waals surface area contributed by atoms with E-state index in [2.05, 4.69) is 60.0 Å². The molecular weight excluding hydrogens is 288 g/mol. The number of hydrogen-bond donors (Lipinski definition) is 0. The van der Waals surface area contributed by atoms with Gasteiger partial charge in [-0.25, -0.2) is 0 Å². The zero-order valence-corrected chi connectivity index (χ0v) is 15.9. The van der Waals surface area contributed by atoms with E-state index in [0.29, 0.717) is 17.9 Å². The van der Waals surface area contributed by atoms with Crippen molar-refractivity contribution in [1.29, 1.82) is 0 Å². The maximum absolute atomic E-state index is 5.18. The zero-order chi connectivity index (χ0) is 16.5. The van der Waals surface area contributed by atoms with Crippen molar-refractivity contribution in [3.63, 3.8) is 0 Å². The Bertz CT molecular complexity index is 556. The van der Waals surface area contributed by atoms with E-state index in [1.54, 1.807) is 11.8 Å². The number of rotatable bonds is 4. The third kappa shape index (κ3) is 3.10. The van der Waals surface area contributed by atoms with Crippen LogP contribution in [0.15, 0.2) is 32.6 Å². The SMILES string of the molecule is CCC(C)N=C1C=C(SC)C2=NC(C)(CC)C(C)C(C)C2=C1. The lowest BCUT2D eigenvalue weighted by atomic mass is 9.70. The van der Waals surface area contributed by atoms with Gasteiger partial charge in [-0.2, -0.15) is 0 Å². The standard InChI is InChI=1S/C19H30N2S/c1-8-12(3)20-15-10-16-13(4)14(5)19(6,9-2)21-18(16)17(11-15)22-7/h10-14H,8-9H2,1-7H3. The van der Waals surface area contributed by atoms with Crippen LogP contribution in [0.25, 0.3) is 0 Å². The number of fused-ring (bicyclic) bond motifs is 1. The molecule has 0 N–H and O–H groups in total. The maximum Gasteiger partial charge on any atom is 0.0753 e. The maximum atomic E-state index is 5.18. The number of allylic oxidation sites excluding steroid dienone is 4. The van der Waals surface area contributed by atoms with Gasteiger partial charge in [0.25, 0.3) is 0 Å². The average Bonchev–Trinajstić information content (AvgIpc) is 2.52. The van der Waals surface area contributed by atoms with Gasteiger partial charge in [0, 0.05) is 10.9 Å². The summed E-state index contributed by atoms with van der Waals surface area (Å²) < 4.78 is 0. The summed E-state index contributed by atoms with van der Waals surface area (Å²) in [5, 5.41) is 0. The summed E-state index contributed by atoms with van der Waals surface area (Å²) in [5.74, 6) is 1.08. The molecule has 0 saturated heterocycles. The molecule has 4 atom stereocenters. The van der Waals surface area contributed by atoms with Crippen LogP contribution >= 0.6 is 11.8 Å². The minimum absolute atomic E-state index is 0.0479. The molecule has 2 nitrogen and oxygen atoms in total. The molecule has 2 aliphatic rings. The average molecular weight is 319 g/mol. The van der Waals surface area contributed by atoms with E-state index in [0.717, 1.165) is 18.6 Å². The van der Waals surface area contributed by atoms with E-state index >= 15 is 0 Å². The summed E-state index contributed by atoms with van der Waals surface area (Å²) in [4.78, 5) is 11.3. The summed E-state index contributed by atoms with van der Waals surface area (Å²) >= 11 is 1.79. The zero-order valence-electron chi connectivity index (χ0n) is 15.1. The van der Waals surface area contributed by atoms with Gasteiger partial charge < -0.3 is 0 Å². The van der Waals surface area contributed by atoms with Gasteiger partial charge in [-0.15, -0.1) is 11.8 Å². The lowest BCUT2D eigenvalue weighted by Gasteiger charge is -2.43. The fourth-order valence-corrected chi connectivity index (χ4v) is 3.82. The third-order valence-electron chi connectivity index (χ3n) is 5.57. The van der Waals surface area contributed by atoms with Crippen LogP contribution in [0.4, 0.5) is 0 Å². The predicted octanol–water partition coefficient (Wildman–Crippen LogP) is 5.31. The molecule has 0 aromatic rings. The summed E-state index contributed by atoms with van der Waals surface area (Å²) in [6, 6.07) is 0.377. The fourth-order valence-electron chi connectivity index (χ4n) is 3.22. The van der Waals surface area contributed by atoms with Gasteiger partial charge in [-0.05, 0) is 62.5 Å². The van der Waals surface area contributed by atoms with Gasteiger partial charge in [-0.1, -0.05) is 27.7 Å². The normalized spacial score (nSPS) is 34.7. The molecule has 2 rings (SSSR count).